The molecular formula is C28H31NO3. The van der Waals surface area contributed by atoms with Crippen LogP contribution < -0.4 is 5.32 Å². The average molecular weight is 430 g/mol. The highest BCUT2D eigenvalue weighted by molar-refractivity contribution is 5.91. The van der Waals surface area contributed by atoms with Crippen LogP contribution in [-0.2, 0) is 26.2 Å². The molecule has 1 atom stereocenters. The number of hydrogen-bond donors (Lipinski definition) is 1. The van der Waals surface area contributed by atoms with Crippen molar-refractivity contribution in [2.45, 2.75) is 44.6 Å². The van der Waals surface area contributed by atoms with Crippen molar-refractivity contribution in [3.05, 3.63) is 107 Å². The van der Waals surface area contributed by atoms with Gasteiger partial charge in [0.15, 0.2) is 0 Å². The van der Waals surface area contributed by atoms with Gasteiger partial charge >= 0.3 is 5.97 Å². The summed E-state index contributed by atoms with van der Waals surface area (Å²) in [6, 6.07) is 26.6. The Hall–Kier alpha value is -3.40. The van der Waals surface area contributed by atoms with Crippen molar-refractivity contribution < 1.29 is 14.3 Å². The van der Waals surface area contributed by atoms with Gasteiger partial charge in [-0.2, -0.15) is 0 Å². The van der Waals surface area contributed by atoms with Gasteiger partial charge in [0, 0.05) is 6.42 Å². The van der Waals surface area contributed by atoms with Gasteiger partial charge in [0.25, 0.3) is 0 Å². The summed E-state index contributed by atoms with van der Waals surface area (Å²) >= 11 is 0. The Morgan fingerprint density at radius 3 is 1.75 bits per heavy atom. The number of ether oxygens (including phenoxy) is 1. The summed E-state index contributed by atoms with van der Waals surface area (Å²) in [5.74, 6) is -1.21. The first-order chi connectivity index (χ1) is 15.3. The van der Waals surface area contributed by atoms with Crippen LogP contribution in [0.15, 0.2) is 84.9 Å². The van der Waals surface area contributed by atoms with Crippen LogP contribution >= 0.6 is 0 Å². The molecule has 0 fully saturated rings. The molecule has 32 heavy (non-hydrogen) atoms. The molecule has 1 N–H and O–H groups in total. The molecule has 0 aromatic heterocycles. The van der Waals surface area contributed by atoms with Gasteiger partial charge in [0.1, 0.15) is 6.04 Å². The molecule has 3 rings (SSSR count). The van der Waals surface area contributed by atoms with Crippen molar-refractivity contribution in [2.75, 3.05) is 7.11 Å². The summed E-state index contributed by atoms with van der Waals surface area (Å²) < 4.78 is 5.00. The number of rotatable bonds is 7. The molecule has 0 heterocycles. The number of esters is 1. The van der Waals surface area contributed by atoms with Gasteiger partial charge in [-0.15, -0.1) is 0 Å². The third-order valence-electron chi connectivity index (χ3n) is 5.59. The molecule has 4 heteroatoms. The third kappa shape index (κ3) is 5.85. The Balaban J connectivity index is 1.85. The van der Waals surface area contributed by atoms with Gasteiger partial charge in [-0.25, -0.2) is 4.79 Å². The summed E-state index contributed by atoms with van der Waals surface area (Å²) in [5, 5.41) is 2.94. The predicted octanol–water partition coefficient (Wildman–Crippen LogP) is 5.02. The zero-order valence-corrected chi connectivity index (χ0v) is 19.2. The van der Waals surface area contributed by atoms with Gasteiger partial charge in [-0.05, 0) is 27.7 Å². The van der Waals surface area contributed by atoms with Crippen LogP contribution in [0.5, 0.6) is 0 Å². The molecule has 0 saturated heterocycles. The summed E-state index contributed by atoms with van der Waals surface area (Å²) in [5.41, 5.74) is 3.97. The van der Waals surface area contributed by atoms with Crippen molar-refractivity contribution in [1.29, 1.82) is 0 Å². The molecule has 3 aromatic rings. The lowest BCUT2D eigenvalue weighted by molar-refractivity contribution is -0.145. The highest BCUT2D eigenvalue weighted by Gasteiger charge is 2.28. The molecule has 0 bridgehead atoms. The van der Waals surface area contributed by atoms with Crippen molar-refractivity contribution in [3.8, 4) is 0 Å². The Morgan fingerprint density at radius 2 is 1.31 bits per heavy atom. The lowest BCUT2D eigenvalue weighted by atomic mass is 9.86. The van der Waals surface area contributed by atoms with Gasteiger partial charge in [-0.3, -0.25) is 4.79 Å². The molecule has 166 valence electrons. The zero-order valence-electron chi connectivity index (χ0n) is 19.2. The lowest BCUT2D eigenvalue weighted by Crippen LogP contribution is -2.45. The highest BCUT2D eigenvalue weighted by atomic mass is 16.5. The van der Waals surface area contributed by atoms with Crippen LogP contribution in [-0.4, -0.2) is 25.0 Å². The van der Waals surface area contributed by atoms with E-state index in [-0.39, 0.29) is 11.3 Å². The first kappa shape index (κ1) is 23.3. The molecule has 0 aliphatic carbocycles. The molecule has 0 spiro atoms. The number of benzene rings is 3. The lowest BCUT2D eigenvalue weighted by Gasteiger charge is -2.23. The summed E-state index contributed by atoms with van der Waals surface area (Å²) in [4.78, 5) is 26.0. The molecule has 0 aliphatic heterocycles. The molecule has 3 aromatic carbocycles. The van der Waals surface area contributed by atoms with E-state index in [0.717, 1.165) is 16.7 Å². The molecule has 0 aliphatic rings. The predicted molar refractivity (Wildman–Crippen MR) is 128 cm³/mol. The van der Waals surface area contributed by atoms with E-state index in [0.29, 0.717) is 6.42 Å². The van der Waals surface area contributed by atoms with Crippen molar-refractivity contribution in [1.82, 2.24) is 5.32 Å². The second-order valence-corrected chi connectivity index (χ2v) is 8.99. The van der Waals surface area contributed by atoms with E-state index in [9.17, 15) is 9.59 Å². The zero-order chi connectivity index (χ0) is 23.1. The van der Waals surface area contributed by atoms with Crippen molar-refractivity contribution >= 4 is 11.9 Å². The largest absolute Gasteiger partial charge is 0.467 e. The van der Waals surface area contributed by atoms with E-state index in [4.69, 9.17) is 4.74 Å². The first-order valence-electron chi connectivity index (χ1n) is 10.9. The fraction of sp³-hybridized carbons (Fsp3) is 0.286. The van der Waals surface area contributed by atoms with Gasteiger partial charge in [0.05, 0.1) is 13.0 Å². The van der Waals surface area contributed by atoms with Crippen LogP contribution in [0.4, 0.5) is 0 Å². The van der Waals surface area contributed by atoms with E-state index in [1.165, 1.54) is 12.7 Å². The maximum Gasteiger partial charge on any atom is 0.328 e. The fourth-order valence-electron chi connectivity index (χ4n) is 3.75. The summed E-state index contributed by atoms with van der Waals surface area (Å²) in [6.45, 7) is 6.48. The number of carbonyl (C=O) groups excluding carboxylic acids is 2. The first-order valence-corrected chi connectivity index (χ1v) is 10.9. The smallest absolute Gasteiger partial charge is 0.328 e. The van der Waals surface area contributed by atoms with Crippen LogP contribution in [0.3, 0.4) is 0 Å². The minimum absolute atomic E-state index is 0.0487. The Morgan fingerprint density at radius 1 is 0.812 bits per heavy atom. The van der Waals surface area contributed by atoms with Gasteiger partial charge in [0.2, 0.25) is 5.91 Å². The molecular weight excluding hydrogens is 398 g/mol. The van der Waals surface area contributed by atoms with Crippen LogP contribution in [0.2, 0.25) is 0 Å². The number of nitrogens with one attached hydrogen (secondary N) is 1. The van der Waals surface area contributed by atoms with E-state index in [1.807, 2.05) is 72.8 Å². The van der Waals surface area contributed by atoms with E-state index < -0.39 is 17.9 Å². The van der Waals surface area contributed by atoms with Crippen LogP contribution in [0.1, 0.15) is 48.9 Å². The highest BCUT2D eigenvalue weighted by Crippen LogP contribution is 2.26. The number of carbonyl (C=O) groups is 2. The van der Waals surface area contributed by atoms with Crippen molar-refractivity contribution in [2.24, 2.45) is 0 Å². The minimum Gasteiger partial charge on any atom is -0.467 e. The Labute approximate surface area is 190 Å². The number of hydrogen-bond acceptors (Lipinski definition) is 3. The van der Waals surface area contributed by atoms with Crippen LogP contribution in [0, 0.1) is 0 Å². The van der Waals surface area contributed by atoms with Gasteiger partial charge < -0.3 is 10.1 Å². The normalized spacial score (nSPS) is 12.3. The maximum absolute atomic E-state index is 13.4. The van der Waals surface area contributed by atoms with Crippen molar-refractivity contribution in [3.63, 3.8) is 0 Å². The minimum atomic E-state index is -0.775. The second kappa shape index (κ2) is 10.3. The van der Waals surface area contributed by atoms with Crippen LogP contribution in [0.25, 0.3) is 0 Å². The summed E-state index contributed by atoms with van der Waals surface area (Å²) in [7, 11) is 1.34. The number of amides is 1. The van der Waals surface area contributed by atoms with E-state index >= 15 is 0 Å². The standard InChI is InChI=1S/C28H31NO3/c1-28(2,3)23-17-15-20(16-18-23)19-24(27(31)32-4)29-26(30)25(21-11-7-5-8-12-21)22-13-9-6-10-14-22/h5-18,24-25H,19H2,1-4H3,(H,29,30)/t24-/m1/s1. The maximum atomic E-state index is 13.4. The molecule has 0 radical (unpaired) electrons. The fourth-order valence-corrected chi connectivity index (χ4v) is 3.75. The molecule has 0 unspecified atom stereocenters. The second-order valence-electron chi connectivity index (χ2n) is 8.99. The quantitative estimate of drug-likeness (QED) is 0.537. The average Bonchev–Trinajstić information content (AvgIpc) is 2.79. The summed E-state index contributed by atoms with van der Waals surface area (Å²) in [6.07, 6.45) is 0.360. The van der Waals surface area contributed by atoms with E-state index in [1.54, 1.807) is 0 Å². The van der Waals surface area contributed by atoms with E-state index in [2.05, 4.69) is 38.2 Å². The Kier molecular flexibility index (Phi) is 7.47. The third-order valence-corrected chi connectivity index (χ3v) is 5.59. The topological polar surface area (TPSA) is 55.4 Å². The molecule has 4 nitrogen and oxygen atoms in total. The SMILES string of the molecule is COC(=O)[C@@H](Cc1ccc(C(C)(C)C)cc1)NC(=O)C(c1ccccc1)c1ccccc1. The Bertz CT molecular complexity index is 982. The monoisotopic (exact) mass is 429 g/mol. The van der Waals surface area contributed by atoms with Gasteiger partial charge in [-0.1, -0.05) is 106 Å². The number of methoxy groups -OCH3 is 1. The molecule has 0 saturated carbocycles. The molecule has 1 amide bonds.